The molecule has 0 fully saturated rings. The van der Waals surface area contributed by atoms with Gasteiger partial charge in [-0.15, -0.1) is 0 Å². The summed E-state index contributed by atoms with van der Waals surface area (Å²) in [5.74, 6) is -0.611. The van der Waals surface area contributed by atoms with Gasteiger partial charge in [-0.1, -0.05) is 69.6 Å². The number of phenolic OH excluding ortho intramolecular Hbond substituents is 2. The molecule has 20 heavy (non-hydrogen) atoms. The highest BCUT2D eigenvalue weighted by Gasteiger charge is 2.23. The molecular formula is C12H4Cl6O2. The molecule has 2 aromatic carbocycles. The summed E-state index contributed by atoms with van der Waals surface area (Å²) in [5.41, 5.74) is 0.0317. The first-order valence-corrected chi connectivity index (χ1v) is 7.25. The van der Waals surface area contributed by atoms with Gasteiger partial charge >= 0.3 is 0 Å². The normalized spacial score (nSPS) is 10.9. The average Bonchev–Trinajstić information content (AvgIpc) is 2.37. The second-order valence-corrected chi connectivity index (χ2v) is 6.09. The summed E-state index contributed by atoms with van der Waals surface area (Å²) >= 11 is 35.5. The van der Waals surface area contributed by atoms with Crippen molar-refractivity contribution < 1.29 is 10.2 Å². The predicted octanol–water partition coefficient (Wildman–Crippen LogP) is 6.69. The molecule has 0 atom stereocenters. The lowest BCUT2D eigenvalue weighted by Crippen LogP contribution is -1.88. The summed E-state index contributed by atoms with van der Waals surface area (Å²) in [6, 6.07) is 2.37. The van der Waals surface area contributed by atoms with Crippen molar-refractivity contribution in [3.8, 4) is 22.6 Å². The second-order valence-electron chi connectivity index (χ2n) is 3.76. The first-order valence-electron chi connectivity index (χ1n) is 4.99. The van der Waals surface area contributed by atoms with Crippen LogP contribution in [0.15, 0.2) is 12.1 Å². The SMILES string of the molecule is Oc1cc(Cl)c(Cl)c(Cl)c1-c1c(O)cc(Cl)c(Cl)c1Cl. The topological polar surface area (TPSA) is 40.5 Å². The van der Waals surface area contributed by atoms with E-state index >= 15 is 0 Å². The highest BCUT2D eigenvalue weighted by Crippen LogP contribution is 2.51. The maximum Gasteiger partial charge on any atom is 0.126 e. The Kier molecular flexibility index (Phi) is 4.75. The monoisotopic (exact) mass is 390 g/mol. The molecular weight excluding hydrogens is 389 g/mol. The zero-order chi connectivity index (χ0) is 15.2. The van der Waals surface area contributed by atoms with Crippen LogP contribution in [0.4, 0.5) is 0 Å². The minimum atomic E-state index is -0.306. The van der Waals surface area contributed by atoms with Gasteiger partial charge in [0.25, 0.3) is 0 Å². The lowest BCUT2D eigenvalue weighted by Gasteiger charge is -2.14. The zero-order valence-electron chi connectivity index (χ0n) is 9.32. The van der Waals surface area contributed by atoms with Crippen LogP contribution >= 0.6 is 69.6 Å². The summed E-state index contributed by atoms with van der Waals surface area (Å²) in [5, 5.41) is 20.0. The van der Waals surface area contributed by atoms with E-state index < -0.39 is 0 Å². The van der Waals surface area contributed by atoms with E-state index in [1.807, 2.05) is 0 Å². The number of hydrogen-bond acceptors (Lipinski definition) is 2. The van der Waals surface area contributed by atoms with Gasteiger partial charge in [0.05, 0.1) is 30.1 Å². The average molecular weight is 393 g/mol. The highest BCUT2D eigenvalue weighted by atomic mass is 35.5. The minimum absolute atomic E-state index is 0.0159. The van der Waals surface area contributed by atoms with Gasteiger partial charge < -0.3 is 10.2 Å². The van der Waals surface area contributed by atoms with Crippen molar-refractivity contribution in [2.75, 3.05) is 0 Å². The molecule has 0 radical (unpaired) electrons. The Balaban J connectivity index is 2.90. The standard InChI is InChI=1S/C12H4Cl6O2/c13-3-1-5(19)7(11(17)9(3)15)8-6(20)2-4(14)10(16)12(8)18/h1-2,19-20H. The van der Waals surface area contributed by atoms with Gasteiger partial charge in [-0.2, -0.15) is 0 Å². The molecule has 8 heteroatoms. The molecule has 0 unspecified atom stereocenters. The van der Waals surface area contributed by atoms with E-state index in [2.05, 4.69) is 0 Å². The molecule has 2 rings (SSSR count). The van der Waals surface area contributed by atoms with Crippen molar-refractivity contribution in [2.45, 2.75) is 0 Å². The van der Waals surface area contributed by atoms with E-state index in [0.717, 1.165) is 0 Å². The molecule has 0 saturated carbocycles. The molecule has 0 aromatic heterocycles. The lowest BCUT2D eigenvalue weighted by atomic mass is 10.0. The maximum atomic E-state index is 9.99. The van der Waals surface area contributed by atoms with Gasteiger partial charge in [0.2, 0.25) is 0 Å². The van der Waals surface area contributed by atoms with Gasteiger partial charge in [0, 0.05) is 23.3 Å². The molecule has 0 saturated heterocycles. The quantitative estimate of drug-likeness (QED) is 0.531. The molecule has 0 aliphatic rings. The fourth-order valence-electron chi connectivity index (χ4n) is 1.64. The Bertz CT molecular complexity index is 653. The van der Waals surface area contributed by atoms with E-state index in [1.54, 1.807) is 0 Å². The highest BCUT2D eigenvalue weighted by molar-refractivity contribution is 6.51. The lowest BCUT2D eigenvalue weighted by molar-refractivity contribution is 0.469. The van der Waals surface area contributed by atoms with Crippen LogP contribution in [0.2, 0.25) is 30.1 Å². The van der Waals surface area contributed by atoms with E-state index in [-0.39, 0.29) is 52.8 Å². The molecule has 0 bridgehead atoms. The third kappa shape index (κ3) is 2.61. The summed E-state index contributed by atoms with van der Waals surface area (Å²) in [6.07, 6.45) is 0. The molecule has 0 heterocycles. The van der Waals surface area contributed by atoms with Crippen LogP contribution in [0.3, 0.4) is 0 Å². The second kappa shape index (κ2) is 5.88. The van der Waals surface area contributed by atoms with E-state index in [9.17, 15) is 10.2 Å². The van der Waals surface area contributed by atoms with Gasteiger partial charge in [0.15, 0.2) is 0 Å². The number of benzene rings is 2. The Morgan fingerprint density at radius 2 is 0.850 bits per heavy atom. The van der Waals surface area contributed by atoms with Crippen LogP contribution in [0.1, 0.15) is 0 Å². The summed E-state index contributed by atoms with van der Waals surface area (Å²) in [7, 11) is 0. The molecule has 0 amide bonds. The van der Waals surface area contributed by atoms with Crippen LogP contribution in [-0.4, -0.2) is 10.2 Å². The van der Waals surface area contributed by atoms with Crippen LogP contribution < -0.4 is 0 Å². The zero-order valence-corrected chi connectivity index (χ0v) is 13.9. The van der Waals surface area contributed by atoms with Gasteiger partial charge in [-0.25, -0.2) is 0 Å². The largest absolute Gasteiger partial charge is 0.507 e. The molecule has 0 aliphatic carbocycles. The Labute approximate surface area is 144 Å². The first-order chi connectivity index (χ1) is 9.25. The molecule has 2 nitrogen and oxygen atoms in total. The van der Waals surface area contributed by atoms with Crippen molar-refractivity contribution in [1.82, 2.24) is 0 Å². The number of aromatic hydroxyl groups is 2. The van der Waals surface area contributed by atoms with Crippen LogP contribution in [0, 0.1) is 0 Å². The minimum Gasteiger partial charge on any atom is -0.507 e. The number of phenols is 2. The van der Waals surface area contributed by atoms with Gasteiger partial charge in [0.1, 0.15) is 11.5 Å². The van der Waals surface area contributed by atoms with Crippen LogP contribution in [0.5, 0.6) is 11.5 Å². The third-order valence-corrected chi connectivity index (χ3v) is 5.06. The van der Waals surface area contributed by atoms with Crippen molar-refractivity contribution in [1.29, 1.82) is 0 Å². The molecule has 0 spiro atoms. The Hall–Kier alpha value is -0.220. The smallest absolute Gasteiger partial charge is 0.126 e. The molecule has 0 aliphatic heterocycles. The number of rotatable bonds is 1. The third-order valence-electron chi connectivity index (χ3n) is 2.53. The fraction of sp³-hybridized carbons (Fsp3) is 0. The molecule has 2 aromatic rings. The number of hydrogen-bond donors (Lipinski definition) is 2. The van der Waals surface area contributed by atoms with Crippen LogP contribution in [-0.2, 0) is 0 Å². The summed E-state index contributed by atoms with van der Waals surface area (Å²) < 4.78 is 0. The Morgan fingerprint density at radius 3 is 1.15 bits per heavy atom. The van der Waals surface area contributed by atoms with Gasteiger partial charge in [-0.05, 0) is 0 Å². The molecule has 106 valence electrons. The predicted molar refractivity (Wildman–Crippen MR) is 85.3 cm³/mol. The van der Waals surface area contributed by atoms with Crippen molar-refractivity contribution in [3.63, 3.8) is 0 Å². The summed E-state index contributed by atoms with van der Waals surface area (Å²) in [6.45, 7) is 0. The van der Waals surface area contributed by atoms with Gasteiger partial charge in [-0.3, -0.25) is 0 Å². The van der Waals surface area contributed by atoms with Crippen molar-refractivity contribution in [2.24, 2.45) is 0 Å². The maximum absolute atomic E-state index is 9.99. The van der Waals surface area contributed by atoms with E-state index in [4.69, 9.17) is 69.6 Å². The van der Waals surface area contributed by atoms with Crippen LogP contribution in [0.25, 0.3) is 11.1 Å². The fourth-order valence-corrected chi connectivity index (χ4v) is 3.02. The van der Waals surface area contributed by atoms with Crippen molar-refractivity contribution in [3.05, 3.63) is 42.3 Å². The molecule has 2 N–H and O–H groups in total. The number of halogens is 6. The Morgan fingerprint density at radius 1 is 0.550 bits per heavy atom. The van der Waals surface area contributed by atoms with E-state index in [1.165, 1.54) is 12.1 Å². The summed E-state index contributed by atoms with van der Waals surface area (Å²) in [4.78, 5) is 0. The van der Waals surface area contributed by atoms with Crippen molar-refractivity contribution >= 4 is 69.6 Å². The first kappa shape index (κ1) is 16.2. The van der Waals surface area contributed by atoms with E-state index in [0.29, 0.717) is 0 Å².